The summed E-state index contributed by atoms with van der Waals surface area (Å²) in [7, 11) is 0. The summed E-state index contributed by atoms with van der Waals surface area (Å²) in [6.45, 7) is 5.15. The summed E-state index contributed by atoms with van der Waals surface area (Å²) in [4.78, 5) is 23.7. The Morgan fingerprint density at radius 1 is 1.15 bits per heavy atom. The highest BCUT2D eigenvalue weighted by Crippen LogP contribution is 2.13. The van der Waals surface area contributed by atoms with Crippen LogP contribution >= 0.6 is 0 Å². The maximum atomic E-state index is 12.1. The number of rotatable bonds is 8. The lowest BCUT2D eigenvalue weighted by Crippen LogP contribution is -2.25. The smallest absolute Gasteiger partial charge is 0.220 e. The van der Waals surface area contributed by atoms with Gasteiger partial charge in [0.15, 0.2) is 5.78 Å². The molecule has 0 unspecified atom stereocenters. The molecule has 0 aliphatic carbocycles. The summed E-state index contributed by atoms with van der Waals surface area (Å²) in [5.41, 5.74) is 8.12. The van der Waals surface area contributed by atoms with Crippen LogP contribution in [0, 0.1) is 13.8 Å². The largest absolute Gasteiger partial charge is 0.356 e. The highest BCUT2D eigenvalue weighted by atomic mass is 16.2. The minimum absolute atomic E-state index is 0.0308. The minimum atomic E-state index is -0.0688. The maximum absolute atomic E-state index is 12.1. The lowest BCUT2D eigenvalue weighted by atomic mass is 9.99. The Bertz CT molecular complexity index is 470. The van der Waals surface area contributed by atoms with Gasteiger partial charge < -0.3 is 11.1 Å². The number of hydrogen-bond donors (Lipinski definition) is 2. The third kappa shape index (κ3) is 5.53. The zero-order valence-corrected chi connectivity index (χ0v) is 12.4. The number of hydrogen-bond acceptors (Lipinski definition) is 3. The second-order valence-electron chi connectivity index (χ2n) is 5.09. The molecule has 4 nitrogen and oxygen atoms in total. The molecule has 1 aromatic rings. The van der Waals surface area contributed by atoms with Gasteiger partial charge in [-0.15, -0.1) is 0 Å². The van der Waals surface area contributed by atoms with Gasteiger partial charge in [-0.3, -0.25) is 9.59 Å². The van der Waals surface area contributed by atoms with E-state index in [0.717, 1.165) is 29.5 Å². The van der Waals surface area contributed by atoms with E-state index < -0.39 is 0 Å². The van der Waals surface area contributed by atoms with Crippen LogP contribution in [0.25, 0.3) is 0 Å². The Morgan fingerprint density at radius 3 is 2.60 bits per heavy atom. The Hall–Kier alpha value is -1.68. The second kappa shape index (κ2) is 8.48. The molecule has 0 heterocycles. The van der Waals surface area contributed by atoms with E-state index in [4.69, 9.17) is 5.73 Å². The van der Waals surface area contributed by atoms with Gasteiger partial charge in [-0.05, 0) is 44.9 Å². The standard InChI is InChI=1S/C16H24N2O2/c1-12-5-6-13(2)14(11-12)15(19)7-8-16(20)18-10-4-3-9-17/h5-6,11H,3-4,7-10,17H2,1-2H3,(H,18,20). The molecule has 1 rings (SSSR count). The van der Waals surface area contributed by atoms with Crippen molar-refractivity contribution >= 4 is 11.7 Å². The van der Waals surface area contributed by atoms with E-state index in [1.807, 2.05) is 32.0 Å². The summed E-state index contributed by atoms with van der Waals surface area (Å²) < 4.78 is 0. The fraction of sp³-hybridized carbons (Fsp3) is 0.500. The predicted octanol–water partition coefficient (Wildman–Crippen LogP) is 2.12. The molecule has 0 aliphatic rings. The number of aryl methyl sites for hydroxylation is 2. The first kappa shape index (κ1) is 16.4. The summed E-state index contributed by atoms with van der Waals surface area (Å²) >= 11 is 0. The summed E-state index contributed by atoms with van der Waals surface area (Å²) in [5, 5.41) is 2.80. The molecule has 4 heteroatoms. The minimum Gasteiger partial charge on any atom is -0.356 e. The van der Waals surface area contributed by atoms with Crippen molar-refractivity contribution in [3.63, 3.8) is 0 Å². The zero-order chi connectivity index (χ0) is 15.0. The number of amides is 1. The third-order valence-corrected chi connectivity index (χ3v) is 3.23. The number of Topliss-reactive ketones (excluding diaryl/α,β-unsaturated/α-hetero) is 1. The molecule has 0 saturated heterocycles. The van der Waals surface area contributed by atoms with Gasteiger partial charge in [0.1, 0.15) is 0 Å². The number of carbonyl (C=O) groups excluding carboxylic acids is 2. The van der Waals surface area contributed by atoms with E-state index in [0.29, 0.717) is 13.1 Å². The van der Waals surface area contributed by atoms with E-state index in [1.54, 1.807) is 0 Å². The van der Waals surface area contributed by atoms with Crippen molar-refractivity contribution in [2.45, 2.75) is 39.5 Å². The van der Waals surface area contributed by atoms with Crippen molar-refractivity contribution in [1.29, 1.82) is 0 Å². The van der Waals surface area contributed by atoms with Crippen molar-refractivity contribution in [1.82, 2.24) is 5.32 Å². The topological polar surface area (TPSA) is 72.2 Å². The van der Waals surface area contributed by atoms with Crippen LogP contribution in [0.5, 0.6) is 0 Å². The van der Waals surface area contributed by atoms with E-state index in [1.165, 1.54) is 0 Å². The number of unbranched alkanes of at least 4 members (excludes halogenated alkanes) is 1. The van der Waals surface area contributed by atoms with Crippen molar-refractivity contribution in [3.8, 4) is 0 Å². The number of nitrogens with one attached hydrogen (secondary N) is 1. The average molecular weight is 276 g/mol. The van der Waals surface area contributed by atoms with Gasteiger partial charge in [-0.2, -0.15) is 0 Å². The fourth-order valence-electron chi connectivity index (χ4n) is 1.98. The first-order valence-corrected chi connectivity index (χ1v) is 7.12. The molecule has 0 spiro atoms. The van der Waals surface area contributed by atoms with Crippen LogP contribution in [0.2, 0.25) is 0 Å². The zero-order valence-electron chi connectivity index (χ0n) is 12.4. The molecule has 1 aromatic carbocycles. The molecule has 0 saturated carbocycles. The Labute approximate surface area is 120 Å². The predicted molar refractivity (Wildman–Crippen MR) is 80.8 cm³/mol. The molecular formula is C16H24N2O2. The van der Waals surface area contributed by atoms with Crippen LogP contribution in [0.4, 0.5) is 0 Å². The Balaban J connectivity index is 2.39. The maximum Gasteiger partial charge on any atom is 0.220 e. The highest BCUT2D eigenvalue weighted by Gasteiger charge is 2.11. The lowest BCUT2D eigenvalue weighted by Gasteiger charge is -2.07. The van der Waals surface area contributed by atoms with Gasteiger partial charge >= 0.3 is 0 Å². The quantitative estimate of drug-likeness (QED) is 0.564. The van der Waals surface area contributed by atoms with Gasteiger partial charge in [0.25, 0.3) is 0 Å². The molecule has 0 atom stereocenters. The van der Waals surface area contributed by atoms with Crippen LogP contribution in [0.15, 0.2) is 18.2 Å². The van der Waals surface area contributed by atoms with Crippen molar-refractivity contribution in [2.24, 2.45) is 5.73 Å². The van der Waals surface area contributed by atoms with Crippen LogP contribution in [0.1, 0.15) is 47.2 Å². The van der Waals surface area contributed by atoms with Gasteiger partial charge in [0.05, 0.1) is 0 Å². The van der Waals surface area contributed by atoms with Crippen LogP contribution < -0.4 is 11.1 Å². The van der Waals surface area contributed by atoms with E-state index in [-0.39, 0.29) is 24.5 Å². The summed E-state index contributed by atoms with van der Waals surface area (Å²) in [6.07, 6.45) is 2.29. The number of nitrogens with two attached hydrogens (primary N) is 1. The highest BCUT2D eigenvalue weighted by molar-refractivity contribution is 5.99. The first-order valence-electron chi connectivity index (χ1n) is 7.12. The van der Waals surface area contributed by atoms with Gasteiger partial charge in [0, 0.05) is 24.9 Å². The molecule has 0 aliphatic heterocycles. The number of carbonyl (C=O) groups is 2. The third-order valence-electron chi connectivity index (χ3n) is 3.23. The molecule has 1 amide bonds. The number of benzene rings is 1. The monoisotopic (exact) mass is 276 g/mol. The molecule has 0 aromatic heterocycles. The molecule has 110 valence electrons. The van der Waals surface area contributed by atoms with Crippen molar-refractivity contribution < 1.29 is 9.59 Å². The van der Waals surface area contributed by atoms with E-state index >= 15 is 0 Å². The second-order valence-corrected chi connectivity index (χ2v) is 5.09. The fourth-order valence-corrected chi connectivity index (χ4v) is 1.98. The Kier molecular flexibility index (Phi) is 6.94. The van der Waals surface area contributed by atoms with Crippen molar-refractivity contribution in [2.75, 3.05) is 13.1 Å². The van der Waals surface area contributed by atoms with E-state index in [2.05, 4.69) is 5.32 Å². The van der Waals surface area contributed by atoms with Gasteiger partial charge in [-0.25, -0.2) is 0 Å². The molecule has 0 fully saturated rings. The van der Waals surface area contributed by atoms with Crippen molar-refractivity contribution in [3.05, 3.63) is 34.9 Å². The molecule has 20 heavy (non-hydrogen) atoms. The van der Waals surface area contributed by atoms with Crippen LogP contribution in [0.3, 0.4) is 0 Å². The molecule has 3 N–H and O–H groups in total. The average Bonchev–Trinajstić information content (AvgIpc) is 2.43. The summed E-state index contributed by atoms with van der Waals surface area (Å²) in [6, 6.07) is 5.81. The van der Waals surface area contributed by atoms with Crippen LogP contribution in [-0.4, -0.2) is 24.8 Å². The molecule has 0 bridgehead atoms. The SMILES string of the molecule is Cc1ccc(C)c(C(=O)CCC(=O)NCCCCN)c1. The normalized spacial score (nSPS) is 10.3. The van der Waals surface area contributed by atoms with Crippen LogP contribution in [-0.2, 0) is 4.79 Å². The van der Waals surface area contributed by atoms with Gasteiger partial charge in [-0.1, -0.05) is 17.7 Å². The van der Waals surface area contributed by atoms with Gasteiger partial charge in [0.2, 0.25) is 5.91 Å². The lowest BCUT2D eigenvalue weighted by molar-refractivity contribution is -0.121. The summed E-state index contributed by atoms with van der Waals surface area (Å²) in [5.74, 6) is -0.0380. The molecular weight excluding hydrogens is 252 g/mol. The Morgan fingerprint density at radius 2 is 1.90 bits per heavy atom. The molecule has 0 radical (unpaired) electrons. The first-order chi connectivity index (χ1) is 9.54. The number of ketones is 1. The van der Waals surface area contributed by atoms with E-state index in [9.17, 15) is 9.59 Å².